The van der Waals surface area contributed by atoms with E-state index in [0.717, 1.165) is 13.1 Å². The van der Waals surface area contributed by atoms with Crippen LogP contribution in [0.3, 0.4) is 0 Å². The lowest BCUT2D eigenvalue weighted by molar-refractivity contribution is 0.400. The molecule has 2 nitrogen and oxygen atoms in total. The van der Waals surface area contributed by atoms with Gasteiger partial charge in [0.2, 0.25) is 0 Å². The molecule has 0 amide bonds. The Kier molecular flexibility index (Phi) is 5.68. The van der Waals surface area contributed by atoms with E-state index in [0.29, 0.717) is 0 Å². The number of anilines is 1. The van der Waals surface area contributed by atoms with Gasteiger partial charge in [0, 0.05) is 32.9 Å². The predicted octanol–water partition coefficient (Wildman–Crippen LogP) is 4.32. The molecule has 1 aromatic rings. The van der Waals surface area contributed by atoms with Crippen LogP contribution in [0.2, 0.25) is 0 Å². The van der Waals surface area contributed by atoms with Gasteiger partial charge in [-0.05, 0) is 42.0 Å². The summed E-state index contributed by atoms with van der Waals surface area (Å²) in [7, 11) is 4.12. The van der Waals surface area contributed by atoms with Crippen LogP contribution in [0.1, 0.15) is 25.3 Å². The highest BCUT2D eigenvalue weighted by Gasteiger charge is 2.01. The van der Waals surface area contributed by atoms with Crippen molar-refractivity contribution in [2.45, 2.75) is 19.8 Å². The molecule has 21 heavy (non-hydrogen) atoms. The minimum atomic E-state index is 1.02. The molecule has 0 radical (unpaired) electrons. The molecule has 0 saturated heterocycles. The van der Waals surface area contributed by atoms with E-state index in [-0.39, 0.29) is 0 Å². The first-order valence-electron chi connectivity index (χ1n) is 7.77. The van der Waals surface area contributed by atoms with Crippen molar-refractivity contribution in [3.05, 3.63) is 59.8 Å². The van der Waals surface area contributed by atoms with Gasteiger partial charge >= 0.3 is 0 Å². The summed E-state index contributed by atoms with van der Waals surface area (Å²) in [6, 6.07) is 8.62. The van der Waals surface area contributed by atoms with Crippen LogP contribution in [0.4, 0.5) is 5.69 Å². The van der Waals surface area contributed by atoms with Gasteiger partial charge < -0.3 is 9.80 Å². The lowest BCUT2D eigenvalue weighted by Gasteiger charge is -2.21. The van der Waals surface area contributed by atoms with Crippen LogP contribution in [-0.2, 0) is 0 Å². The molecule has 1 aromatic carbocycles. The van der Waals surface area contributed by atoms with Gasteiger partial charge in [0.15, 0.2) is 0 Å². The first-order valence-corrected chi connectivity index (χ1v) is 7.77. The maximum Gasteiger partial charge on any atom is 0.0362 e. The van der Waals surface area contributed by atoms with Crippen molar-refractivity contribution < 1.29 is 0 Å². The number of unbranched alkanes of at least 4 members (excludes halogenated alkanes) is 1. The van der Waals surface area contributed by atoms with E-state index in [4.69, 9.17) is 0 Å². The van der Waals surface area contributed by atoms with E-state index in [1.165, 1.54) is 29.7 Å². The van der Waals surface area contributed by atoms with E-state index < -0.39 is 0 Å². The molecule has 112 valence electrons. The molecule has 0 bridgehead atoms. The van der Waals surface area contributed by atoms with Crippen LogP contribution >= 0.6 is 0 Å². The summed E-state index contributed by atoms with van der Waals surface area (Å²) in [5.74, 6) is 0. The van der Waals surface area contributed by atoms with Crippen LogP contribution < -0.4 is 4.90 Å². The first kappa shape index (κ1) is 15.4. The second kappa shape index (κ2) is 7.72. The highest BCUT2D eigenvalue weighted by atomic mass is 15.1. The Labute approximate surface area is 129 Å². The Morgan fingerprint density at radius 2 is 1.90 bits per heavy atom. The van der Waals surface area contributed by atoms with Crippen LogP contribution in [0.15, 0.2) is 54.3 Å². The van der Waals surface area contributed by atoms with Crippen LogP contribution in [0.5, 0.6) is 0 Å². The maximum atomic E-state index is 2.37. The second-order valence-corrected chi connectivity index (χ2v) is 5.69. The lowest BCUT2D eigenvalue weighted by atomic mass is 10.1. The zero-order chi connectivity index (χ0) is 15.1. The SMILES string of the molecule is CCCCN1C=CC(/C=C/c2ccc(N(C)C)cc2)=CC1. The van der Waals surface area contributed by atoms with Gasteiger partial charge in [0.1, 0.15) is 0 Å². The maximum absolute atomic E-state index is 2.37. The van der Waals surface area contributed by atoms with Crippen molar-refractivity contribution in [2.75, 3.05) is 32.1 Å². The van der Waals surface area contributed by atoms with Crippen molar-refractivity contribution in [2.24, 2.45) is 0 Å². The minimum Gasteiger partial charge on any atom is -0.378 e. The summed E-state index contributed by atoms with van der Waals surface area (Å²) in [5, 5.41) is 0. The summed E-state index contributed by atoms with van der Waals surface area (Å²) in [6.45, 7) is 4.42. The zero-order valence-electron chi connectivity index (χ0n) is 13.4. The smallest absolute Gasteiger partial charge is 0.0362 e. The van der Waals surface area contributed by atoms with Crippen LogP contribution in [-0.4, -0.2) is 32.1 Å². The molecule has 0 aromatic heterocycles. The highest BCUT2D eigenvalue weighted by molar-refractivity contribution is 5.58. The molecule has 0 fully saturated rings. The van der Waals surface area contributed by atoms with Gasteiger partial charge in [-0.2, -0.15) is 0 Å². The highest BCUT2D eigenvalue weighted by Crippen LogP contribution is 2.15. The minimum absolute atomic E-state index is 1.02. The van der Waals surface area contributed by atoms with Crippen molar-refractivity contribution in [3.63, 3.8) is 0 Å². The van der Waals surface area contributed by atoms with E-state index in [1.54, 1.807) is 0 Å². The normalized spacial score (nSPS) is 14.6. The van der Waals surface area contributed by atoms with Gasteiger partial charge in [-0.15, -0.1) is 0 Å². The summed E-state index contributed by atoms with van der Waals surface area (Å²) < 4.78 is 0. The van der Waals surface area contributed by atoms with Crippen molar-refractivity contribution in [3.8, 4) is 0 Å². The third kappa shape index (κ3) is 4.82. The van der Waals surface area contributed by atoms with Crippen LogP contribution in [0.25, 0.3) is 6.08 Å². The fraction of sp³-hybridized carbons (Fsp3) is 0.368. The largest absolute Gasteiger partial charge is 0.378 e. The van der Waals surface area contributed by atoms with Crippen LogP contribution in [0, 0.1) is 0 Å². The molecule has 2 rings (SSSR count). The number of hydrogen-bond acceptors (Lipinski definition) is 2. The Morgan fingerprint density at radius 1 is 1.14 bits per heavy atom. The summed E-state index contributed by atoms with van der Waals surface area (Å²) in [4.78, 5) is 4.48. The van der Waals surface area contributed by atoms with Gasteiger partial charge in [0.05, 0.1) is 0 Å². The molecule has 1 aliphatic heterocycles. The molecular weight excluding hydrogens is 256 g/mol. The zero-order valence-corrected chi connectivity index (χ0v) is 13.4. The van der Waals surface area contributed by atoms with Gasteiger partial charge in [-0.3, -0.25) is 0 Å². The topological polar surface area (TPSA) is 6.48 Å². The summed E-state index contributed by atoms with van der Waals surface area (Å²) >= 11 is 0. The number of benzene rings is 1. The molecule has 0 saturated carbocycles. The number of allylic oxidation sites excluding steroid dienone is 3. The van der Waals surface area contributed by atoms with Gasteiger partial charge in [-0.25, -0.2) is 0 Å². The molecule has 0 N–H and O–H groups in total. The molecule has 2 heteroatoms. The fourth-order valence-corrected chi connectivity index (χ4v) is 2.27. The van der Waals surface area contributed by atoms with Gasteiger partial charge in [-0.1, -0.05) is 43.7 Å². The monoisotopic (exact) mass is 282 g/mol. The molecule has 1 heterocycles. The second-order valence-electron chi connectivity index (χ2n) is 5.69. The number of hydrogen-bond donors (Lipinski definition) is 0. The molecule has 0 spiro atoms. The third-order valence-corrected chi connectivity index (χ3v) is 3.72. The Bertz CT molecular complexity index is 521. The average molecular weight is 282 g/mol. The molecule has 0 unspecified atom stereocenters. The molecule has 1 aliphatic rings. The van der Waals surface area contributed by atoms with E-state index in [1.807, 2.05) is 0 Å². The quantitative estimate of drug-likeness (QED) is 0.766. The van der Waals surface area contributed by atoms with Crippen molar-refractivity contribution in [1.82, 2.24) is 4.90 Å². The van der Waals surface area contributed by atoms with Gasteiger partial charge in [0.25, 0.3) is 0 Å². The molecule has 0 atom stereocenters. The van der Waals surface area contributed by atoms with E-state index in [9.17, 15) is 0 Å². The first-order chi connectivity index (χ1) is 10.2. The Morgan fingerprint density at radius 3 is 2.48 bits per heavy atom. The summed E-state index contributed by atoms with van der Waals surface area (Å²) in [5.41, 5.74) is 3.76. The number of nitrogens with zero attached hydrogens (tertiary/aromatic N) is 2. The van der Waals surface area contributed by atoms with Crippen molar-refractivity contribution in [1.29, 1.82) is 0 Å². The third-order valence-electron chi connectivity index (χ3n) is 3.72. The summed E-state index contributed by atoms with van der Waals surface area (Å²) in [6.07, 6.45) is 13.6. The lowest BCUT2D eigenvalue weighted by Crippen LogP contribution is -2.20. The predicted molar refractivity (Wildman–Crippen MR) is 93.5 cm³/mol. The Hall–Kier alpha value is -1.96. The number of rotatable bonds is 6. The van der Waals surface area contributed by atoms with Crippen molar-refractivity contribution >= 4 is 11.8 Å². The molecular formula is C19H26N2. The average Bonchev–Trinajstić information content (AvgIpc) is 2.52. The van der Waals surface area contributed by atoms with E-state index in [2.05, 4.69) is 85.6 Å². The molecule has 0 aliphatic carbocycles. The standard InChI is InChI=1S/C19H26N2/c1-4-5-14-21-15-12-18(13-16-21)7-6-17-8-10-19(11-9-17)20(2)3/h6-13,15H,4-5,14,16H2,1-3H3/b7-6+. The Balaban J connectivity index is 1.90. The fourth-order valence-electron chi connectivity index (χ4n) is 2.27. The van der Waals surface area contributed by atoms with E-state index >= 15 is 0 Å².